The molecule has 0 aromatic carbocycles. The topological polar surface area (TPSA) is 39.1 Å². The van der Waals surface area contributed by atoms with Crippen LogP contribution >= 0.6 is 15.9 Å². The van der Waals surface area contributed by atoms with Gasteiger partial charge in [0.05, 0.1) is 22.0 Å². The number of hydrogen-bond acceptors (Lipinski definition) is 3. The molecule has 0 radical (unpaired) electrons. The first-order valence-corrected chi connectivity index (χ1v) is 7.30. The average molecular weight is 318 g/mol. The Labute approximate surface area is 118 Å². The molecule has 1 aromatic rings. The fraction of sp³-hybridized carbons (Fsp3) is 0.769. The van der Waals surface area contributed by atoms with Crippen molar-refractivity contribution in [2.75, 3.05) is 13.7 Å². The maximum Gasteiger partial charge on any atom is 0.0766 e. The number of hydrogen-bond donors (Lipinski definition) is 1. The van der Waals surface area contributed by atoms with Crippen molar-refractivity contribution in [3.8, 4) is 0 Å². The fourth-order valence-corrected chi connectivity index (χ4v) is 2.86. The Morgan fingerprint density at radius 3 is 2.56 bits per heavy atom. The summed E-state index contributed by atoms with van der Waals surface area (Å²) in [5, 5.41) is 8.00. The Hall–Kier alpha value is -0.390. The summed E-state index contributed by atoms with van der Waals surface area (Å²) >= 11 is 3.66. The van der Waals surface area contributed by atoms with E-state index in [1.54, 1.807) is 7.11 Å². The van der Waals surface area contributed by atoms with Crippen LogP contribution < -0.4 is 5.32 Å². The van der Waals surface area contributed by atoms with Crippen molar-refractivity contribution in [3.63, 3.8) is 0 Å². The average Bonchev–Trinajstić information content (AvgIpc) is 2.64. The van der Waals surface area contributed by atoms with E-state index >= 15 is 0 Å². The van der Waals surface area contributed by atoms with Gasteiger partial charge in [0.1, 0.15) is 0 Å². The second-order valence-corrected chi connectivity index (χ2v) is 5.29. The molecule has 0 spiro atoms. The van der Waals surface area contributed by atoms with Crippen LogP contribution in [0.4, 0.5) is 0 Å². The maximum atomic E-state index is 5.44. The van der Waals surface area contributed by atoms with Crippen LogP contribution in [0.1, 0.15) is 32.2 Å². The lowest BCUT2D eigenvalue weighted by Crippen LogP contribution is -2.41. The molecule has 4 nitrogen and oxygen atoms in total. The van der Waals surface area contributed by atoms with Gasteiger partial charge in [-0.15, -0.1) is 0 Å². The van der Waals surface area contributed by atoms with E-state index in [-0.39, 0.29) is 6.10 Å². The molecule has 104 valence electrons. The molecule has 2 unspecified atom stereocenters. The minimum absolute atomic E-state index is 0.178. The van der Waals surface area contributed by atoms with Crippen LogP contribution in [0.15, 0.2) is 4.47 Å². The van der Waals surface area contributed by atoms with Crippen LogP contribution in [0.5, 0.6) is 0 Å². The molecule has 2 atom stereocenters. The number of halogens is 1. The lowest BCUT2D eigenvalue weighted by molar-refractivity contribution is 0.0829. The van der Waals surface area contributed by atoms with Gasteiger partial charge in [0.15, 0.2) is 0 Å². The van der Waals surface area contributed by atoms with E-state index in [0.29, 0.717) is 6.04 Å². The van der Waals surface area contributed by atoms with Gasteiger partial charge >= 0.3 is 0 Å². The summed E-state index contributed by atoms with van der Waals surface area (Å²) in [6, 6.07) is 0.302. The van der Waals surface area contributed by atoms with Gasteiger partial charge < -0.3 is 10.1 Å². The normalized spacial score (nSPS) is 14.8. The predicted octanol–water partition coefficient (Wildman–Crippen LogP) is 2.30. The number of nitrogens with one attached hydrogen (secondary N) is 1. The Kier molecular flexibility index (Phi) is 6.32. The van der Waals surface area contributed by atoms with E-state index in [4.69, 9.17) is 4.74 Å². The van der Waals surface area contributed by atoms with E-state index in [2.05, 4.69) is 47.1 Å². The Balaban J connectivity index is 2.89. The molecule has 0 bridgehead atoms. The highest BCUT2D eigenvalue weighted by molar-refractivity contribution is 9.10. The Morgan fingerprint density at radius 2 is 2.11 bits per heavy atom. The maximum absolute atomic E-state index is 5.44. The summed E-state index contributed by atoms with van der Waals surface area (Å²) in [5.74, 6) is 0. The van der Waals surface area contributed by atoms with E-state index in [9.17, 15) is 0 Å². The predicted molar refractivity (Wildman–Crippen MR) is 77.9 cm³/mol. The van der Waals surface area contributed by atoms with Crippen LogP contribution in [0.2, 0.25) is 0 Å². The summed E-state index contributed by atoms with van der Waals surface area (Å²) in [7, 11) is 3.75. The van der Waals surface area contributed by atoms with Gasteiger partial charge in [0.2, 0.25) is 0 Å². The molecule has 1 rings (SSSR count). The molecule has 0 aliphatic heterocycles. The Morgan fingerprint density at radius 1 is 1.44 bits per heavy atom. The van der Waals surface area contributed by atoms with Crippen molar-refractivity contribution >= 4 is 15.9 Å². The molecule has 1 heterocycles. The first kappa shape index (κ1) is 15.7. The zero-order valence-electron chi connectivity index (χ0n) is 12.0. The molecular formula is C13H24BrN3O. The third-order valence-electron chi connectivity index (χ3n) is 3.32. The molecule has 0 saturated carbocycles. The van der Waals surface area contributed by atoms with Gasteiger partial charge in [-0.25, -0.2) is 0 Å². The molecule has 0 aliphatic rings. The Bertz CT molecular complexity index is 379. The summed E-state index contributed by atoms with van der Waals surface area (Å²) in [5.41, 5.74) is 2.34. The van der Waals surface area contributed by atoms with Crippen LogP contribution in [0.25, 0.3) is 0 Å². The van der Waals surface area contributed by atoms with E-state index in [1.165, 1.54) is 5.69 Å². The fourth-order valence-electron chi connectivity index (χ4n) is 2.08. The molecular weight excluding hydrogens is 294 g/mol. The van der Waals surface area contributed by atoms with Crippen LogP contribution in [-0.4, -0.2) is 35.6 Å². The van der Waals surface area contributed by atoms with Crippen molar-refractivity contribution in [1.82, 2.24) is 15.1 Å². The molecule has 1 N–H and O–H groups in total. The zero-order valence-corrected chi connectivity index (χ0v) is 13.5. The van der Waals surface area contributed by atoms with Gasteiger partial charge in [-0.2, -0.15) is 5.10 Å². The highest BCUT2D eigenvalue weighted by atomic mass is 79.9. The summed E-state index contributed by atoms with van der Waals surface area (Å²) < 4.78 is 8.55. The monoisotopic (exact) mass is 317 g/mol. The number of methoxy groups -OCH3 is 1. The van der Waals surface area contributed by atoms with Gasteiger partial charge in [-0.1, -0.05) is 13.8 Å². The number of aryl methyl sites for hydroxylation is 2. The summed E-state index contributed by atoms with van der Waals surface area (Å²) in [6.45, 7) is 7.27. The molecule has 0 amide bonds. The molecule has 18 heavy (non-hydrogen) atoms. The lowest BCUT2D eigenvalue weighted by Gasteiger charge is -2.23. The number of rotatable bonds is 7. The van der Waals surface area contributed by atoms with Gasteiger partial charge in [0.25, 0.3) is 0 Å². The van der Waals surface area contributed by atoms with Gasteiger partial charge in [-0.3, -0.25) is 4.68 Å². The molecule has 0 fully saturated rings. The number of ether oxygens (including phenoxy) is 1. The molecule has 5 heteroatoms. The molecule has 0 aliphatic carbocycles. The second-order valence-electron chi connectivity index (χ2n) is 4.49. The summed E-state index contributed by atoms with van der Waals surface area (Å²) in [4.78, 5) is 0. The molecule has 1 aromatic heterocycles. The number of nitrogens with zero attached hydrogens (tertiary/aromatic N) is 2. The minimum atomic E-state index is 0.178. The smallest absolute Gasteiger partial charge is 0.0766 e. The van der Waals surface area contributed by atoms with Crippen molar-refractivity contribution in [2.24, 2.45) is 7.05 Å². The van der Waals surface area contributed by atoms with Gasteiger partial charge in [-0.05, 0) is 35.8 Å². The van der Waals surface area contributed by atoms with Gasteiger partial charge in [0, 0.05) is 26.6 Å². The number of likely N-dealkylation sites (N-methyl/N-ethyl adjacent to an activating group) is 1. The first-order valence-electron chi connectivity index (χ1n) is 6.51. The second kappa shape index (κ2) is 7.26. The largest absolute Gasteiger partial charge is 0.380 e. The van der Waals surface area contributed by atoms with Crippen molar-refractivity contribution in [2.45, 2.75) is 45.8 Å². The standard InChI is InChI=1S/C13H24BrN3O/c1-6-10-13(14)12(17(4)16-10)8-11(15-7-2)9(3)18-5/h9,11,15H,6-8H2,1-5H3. The quantitative estimate of drug-likeness (QED) is 0.838. The highest BCUT2D eigenvalue weighted by Crippen LogP contribution is 2.23. The SMILES string of the molecule is CCNC(Cc1c(Br)c(CC)nn1C)C(C)OC. The van der Waals surface area contributed by atoms with Crippen molar-refractivity contribution in [1.29, 1.82) is 0 Å². The first-order chi connectivity index (χ1) is 8.54. The van der Waals surface area contributed by atoms with E-state index in [1.807, 2.05) is 11.7 Å². The zero-order chi connectivity index (χ0) is 13.7. The van der Waals surface area contributed by atoms with Crippen molar-refractivity contribution in [3.05, 3.63) is 15.9 Å². The van der Waals surface area contributed by atoms with E-state index in [0.717, 1.165) is 29.6 Å². The summed E-state index contributed by atoms with van der Waals surface area (Å²) in [6.07, 6.45) is 2.03. The van der Waals surface area contributed by atoms with Crippen LogP contribution in [0.3, 0.4) is 0 Å². The van der Waals surface area contributed by atoms with Crippen LogP contribution in [0, 0.1) is 0 Å². The molecule has 0 saturated heterocycles. The number of aromatic nitrogens is 2. The van der Waals surface area contributed by atoms with E-state index < -0.39 is 0 Å². The highest BCUT2D eigenvalue weighted by Gasteiger charge is 2.21. The minimum Gasteiger partial charge on any atom is -0.380 e. The third-order valence-corrected chi connectivity index (χ3v) is 4.24. The van der Waals surface area contributed by atoms with Crippen molar-refractivity contribution < 1.29 is 4.74 Å². The third kappa shape index (κ3) is 3.56. The lowest BCUT2D eigenvalue weighted by atomic mass is 10.1. The van der Waals surface area contributed by atoms with Crippen LogP contribution in [-0.2, 0) is 24.6 Å².